The normalized spacial score (nSPS) is 18.8. The molecule has 1 aliphatic heterocycles. The Morgan fingerprint density at radius 1 is 1.60 bits per heavy atom. The molecule has 1 aliphatic rings. The molecule has 0 aliphatic carbocycles. The Hall–Kier alpha value is -2.10. The van der Waals surface area contributed by atoms with Crippen molar-refractivity contribution in [2.45, 2.75) is 58.8 Å². The Kier molecular flexibility index (Phi) is 6.80. The van der Waals surface area contributed by atoms with Crippen LogP contribution in [0.15, 0.2) is 11.6 Å². The molecule has 1 saturated heterocycles. The number of ether oxygens (including phenoxy) is 1. The van der Waals surface area contributed by atoms with Crippen molar-refractivity contribution in [3.8, 4) is 6.07 Å². The first kappa shape index (κ1) is 19.2. The summed E-state index contributed by atoms with van der Waals surface area (Å²) < 4.78 is 7.89. The molecule has 2 N–H and O–H groups in total. The zero-order chi connectivity index (χ0) is 18.4. The van der Waals surface area contributed by atoms with Crippen LogP contribution in [0.25, 0.3) is 6.08 Å². The molecule has 2 heterocycles. The summed E-state index contributed by atoms with van der Waals surface area (Å²) in [5, 5.41) is 21.2. The van der Waals surface area contributed by atoms with Crippen molar-refractivity contribution >= 4 is 12.0 Å². The molecule has 0 bridgehead atoms. The summed E-state index contributed by atoms with van der Waals surface area (Å²) in [5.74, 6) is -0.410. The largest absolute Gasteiger partial charge is 0.393 e. The number of aromatic nitrogens is 1. The standard InChI is InChI=1S/C19H27N3O3/c1-13-9-16(15(3)22(13)12-18-5-4-8-25-18)10-17(11-20)19(24)21-7-6-14(2)23/h9-10,14,18,23H,4-8,12H2,1-3H3,(H,21,24). The lowest BCUT2D eigenvalue weighted by molar-refractivity contribution is -0.117. The van der Waals surface area contributed by atoms with Crippen LogP contribution in [-0.4, -0.2) is 40.9 Å². The molecule has 2 rings (SSSR count). The lowest BCUT2D eigenvalue weighted by Crippen LogP contribution is -2.27. The van der Waals surface area contributed by atoms with Crippen molar-refractivity contribution in [3.63, 3.8) is 0 Å². The predicted octanol–water partition coefficient (Wildman–Crippen LogP) is 2.08. The highest BCUT2D eigenvalue weighted by molar-refractivity contribution is 6.01. The van der Waals surface area contributed by atoms with Crippen LogP contribution in [-0.2, 0) is 16.1 Å². The highest BCUT2D eigenvalue weighted by atomic mass is 16.5. The number of aliphatic hydroxyl groups is 1. The van der Waals surface area contributed by atoms with E-state index in [1.807, 2.05) is 26.0 Å². The summed E-state index contributed by atoms with van der Waals surface area (Å²) in [6, 6.07) is 3.96. The van der Waals surface area contributed by atoms with E-state index in [0.29, 0.717) is 13.0 Å². The molecular formula is C19H27N3O3. The summed E-state index contributed by atoms with van der Waals surface area (Å²) >= 11 is 0. The van der Waals surface area contributed by atoms with Crippen LogP contribution in [0.5, 0.6) is 0 Å². The monoisotopic (exact) mass is 345 g/mol. The molecule has 1 fully saturated rings. The molecule has 1 aromatic heterocycles. The van der Waals surface area contributed by atoms with Gasteiger partial charge in [-0.15, -0.1) is 0 Å². The van der Waals surface area contributed by atoms with Gasteiger partial charge in [-0.25, -0.2) is 0 Å². The molecule has 0 radical (unpaired) electrons. The van der Waals surface area contributed by atoms with Gasteiger partial charge in [-0.3, -0.25) is 4.79 Å². The number of hydrogen-bond donors (Lipinski definition) is 2. The molecule has 1 amide bonds. The quantitative estimate of drug-likeness (QED) is 0.585. The molecular weight excluding hydrogens is 318 g/mol. The second-order valence-corrected chi connectivity index (χ2v) is 6.64. The minimum Gasteiger partial charge on any atom is -0.393 e. The third-order valence-corrected chi connectivity index (χ3v) is 4.54. The molecule has 0 spiro atoms. The topological polar surface area (TPSA) is 87.3 Å². The first-order valence-electron chi connectivity index (χ1n) is 8.78. The van der Waals surface area contributed by atoms with Gasteiger partial charge >= 0.3 is 0 Å². The Morgan fingerprint density at radius 3 is 2.96 bits per heavy atom. The number of aliphatic hydroxyl groups excluding tert-OH is 1. The maximum absolute atomic E-state index is 12.1. The molecule has 0 saturated carbocycles. The lowest BCUT2D eigenvalue weighted by atomic mass is 10.1. The van der Waals surface area contributed by atoms with E-state index in [9.17, 15) is 15.2 Å². The van der Waals surface area contributed by atoms with E-state index >= 15 is 0 Å². The van der Waals surface area contributed by atoms with Gasteiger partial charge in [0, 0.05) is 31.1 Å². The van der Waals surface area contributed by atoms with Crippen molar-refractivity contribution in [2.75, 3.05) is 13.2 Å². The van der Waals surface area contributed by atoms with Gasteiger partial charge in [0.05, 0.1) is 12.2 Å². The third-order valence-electron chi connectivity index (χ3n) is 4.54. The van der Waals surface area contributed by atoms with Gasteiger partial charge in [-0.05, 0) is 57.7 Å². The maximum atomic E-state index is 12.1. The number of aryl methyl sites for hydroxylation is 1. The van der Waals surface area contributed by atoms with E-state index in [0.717, 1.165) is 42.9 Å². The summed E-state index contributed by atoms with van der Waals surface area (Å²) in [5.41, 5.74) is 3.06. The van der Waals surface area contributed by atoms with Crippen LogP contribution in [0, 0.1) is 25.2 Å². The Bertz CT molecular complexity index is 677. The second kappa shape index (κ2) is 8.84. The highest BCUT2D eigenvalue weighted by Gasteiger charge is 2.19. The van der Waals surface area contributed by atoms with Crippen molar-refractivity contribution in [1.82, 2.24) is 9.88 Å². The first-order chi connectivity index (χ1) is 11.9. The lowest BCUT2D eigenvalue weighted by Gasteiger charge is -2.14. The van der Waals surface area contributed by atoms with Gasteiger partial charge in [0.25, 0.3) is 5.91 Å². The van der Waals surface area contributed by atoms with E-state index in [1.54, 1.807) is 13.0 Å². The summed E-state index contributed by atoms with van der Waals surface area (Å²) in [6.45, 7) is 7.64. The van der Waals surface area contributed by atoms with Crippen molar-refractivity contribution < 1.29 is 14.6 Å². The van der Waals surface area contributed by atoms with E-state index in [1.165, 1.54) is 0 Å². The van der Waals surface area contributed by atoms with Gasteiger partial charge in [-0.1, -0.05) is 0 Å². The number of nitriles is 1. The minimum atomic E-state index is -0.480. The third kappa shape index (κ3) is 5.18. The van der Waals surface area contributed by atoms with Gasteiger partial charge in [0.15, 0.2) is 0 Å². The number of nitrogens with zero attached hydrogens (tertiary/aromatic N) is 2. The Balaban J connectivity index is 2.12. The fourth-order valence-corrected chi connectivity index (χ4v) is 3.04. The highest BCUT2D eigenvalue weighted by Crippen LogP contribution is 2.22. The number of rotatable bonds is 7. The summed E-state index contributed by atoms with van der Waals surface area (Å²) in [6.07, 6.45) is 4.01. The zero-order valence-corrected chi connectivity index (χ0v) is 15.2. The fraction of sp³-hybridized carbons (Fsp3) is 0.579. The Morgan fingerprint density at radius 2 is 2.36 bits per heavy atom. The van der Waals surface area contributed by atoms with Crippen LogP contribution in [0.4, 0.5) is 0 Å². The van der Waals surface area contributed by atoms with E-state index in [4.69, 9.17) is 4.74 Å². The molecule has 2 atom stereocenters. The van der Waals surface area contributed by atoms with E-state index in [-0.39, 0.29) is 11.7 Å². The van der Waals surface area contributed by atoms with Crippen molar-refractivity contribution in [1.29, 1.82) is 5.26 Å². The fourth-order valence-electron chi connectivity index (χ4n) is 3.04. The Labute approximate surface area is 149 Å². The van der Waals surface area contributed by atoms with Gasteiger partial charge < -0.3 is 19.7 Å². The number of nitrogens with one attached hydrogen (secondary N) is 1. The first-order valence-corrected chi connectivity index (χ1v) is 8.78. The van der Waals surface area contributed by atoms with Crippen LogP contribution >= 0.6 is 0 Å². The molecule has 6 nitrogen and oxygen atoms in total. The average Bonchev–Trinajstić information content (AvgIpc) is 3.16. The van der Waals surface area contributed by atoms with Gasteiger partial charge in [-0.2, -0.15) is 5.26 Å². The smallest absolute Gasteiger partial charge is 0.261 e. The summed E-state index contributed by atoms with van der Waals surface area (Å²) in [4.78, 5) is 12.1. The molecule has 0 aromatic carbocycles. The van der Waals surface area contributed by atoms with Gasteiger partial charge in [0.1, 0.15) is 11.6 Å². The maximum Gasteiger partial charge on any atom is 0.261 e. The van der Waals surface area contributed by atoms with Crippen LogP contribution in [0.2, 0.25) is 0 Å². The van der Waals surface area contributed by atoms with Gasteiger partial charge in [0.2, 0.25) is 0 Å². The van der Waals surface area contributed by atoms with Crippen LogP contribution in [0.1, 0.15) is 43.1 Å². The molecule has 136 valence electrons. The number of amides is 1. The SMILES string of the molecule is Cc1cc(C=C(C#N)C(=O)NCCC(C)O)c(C)n1CC1CCCO1. The minimum absolute atomic E-state index is 0.0722. The molecule has 1 aromatic rings. The van der Waals surface area contributed by atoms with E-state index < -0.39 is 12.0 Å². The van der Waals surface area contributed by atoms with Crippen molar-refractivity contribution in [3.05, 3.63) is 28.6 Å². The molecule has 6 heteroatoms. The second-order valence-electron chi connectivity index (χ2n) is 6.64. The number of hydrogen-bond acceptors (Lipinski definition) is 4. The van der Waals surface area contributed by atoms with Crippen LogP contribution < -0.4 is 5.32 Å². The zero-order valence-electron chi connectivity index (χ0n) is 15.2. The molecule has 2 unspecified atom stereocenters. The predicted molar refractivity (Wildman–Crippen MR) is 95.8 cm³/mol. The number of carbonyl (C=O) groups is 1. The van der Waals surface area contributed by atoms with Crippen molar-refractivity contribution in [2.24, 2.45) is 0 Å². The summed E-state index contributed by atoms with van der Waals surface area (Å²) in [7, 11) is 0. The van der Waals surface area contributed by atoms with Crippen LogP contribution in [0.3, 0.4) is 0 Å². The average molecular weight is 345 g/mol. The number of carbonyl (C=O) groups excluding carboxylic acids is 1. The van der Waals surface area contributed by atoms with E-state index in [2.05, 4.69) is 9.88 Å². The molecule has 25 heavy (non-hydrogen) atoms.